The summed E-state index contributed by atoms with van der Waals surface area (Å²) in [4.78, 5) is 36.6. The van der Waals surface area contributed by atoms with Gasteiger partial charge in [-0.2, -0.15) is 0 Å². The van der Waals surface area contributed by atoms with E-state index in [1.54, 1.807) is 20.8 Å². The Kier molecular flexibility index (Phi) is 6.06. The van der Waals surface area contributed by atoms with Crippen LogP contribution in [0.2, 0.25) is 0 Å². The highest BCUT2D eigenvalue weighted by molar-refractivity contribution is 6.45. The third-order valence-electron chi connectivity index (χ3n) is 9.28. The number of halogens is 3. The maximum absolute atomic E-state index is 15.7. The zero-order valence-corrected chi connectivity index (χ0v) is 21.5. The number of hydrogen-bond donors (Lipinski definition) is 1. The molecule has 0 spiro atoms. The number of allylic oxidation sites excluding steroid dienone is 4. The predicted octanol–water partition coefficient (Wildman–Crippen LogP) is 4.25. The SMILES string of the molecule is CCC(=O)O[C@]1(C(=O)OC)[C@H](C)C[C@H]2[C@@H]3C[C@H](F)C4=CC(=O)C(Cl)=C[C@]4(C)[C@@]3(Cl)[C@@H](O)C[C@@]21C. The quantitative estimate of drug-likeness (QED) is 0.445. The second kappa shape index (κ2) is 8.04. The molecule has 0 aliphatic heterocycles. The molecule has 3 fully saturated rings. The van der Waals surface area contributed by atoms with Crippen molar-refractivity contribution in [1.29, 1.82) is 0 Å². The van der Waals surface area contributed by atoms with Crippen molar-refractivity contribution in [1.82, 2.24) is 0 Å². The monoisotopic (exact) mass is 516 g/mol. The summed E-state index contributed by atoms with van der Waals surface area (Å²) < 4.78 is 26.7. The molecule has 1 N–H and O–H groups in total. The van der Waals surface area contributed by atoms with Gasteiger partial charge in [0.25, 0.3) is 0 Å². The van der Waals surface area contributed by atoms with Crippen molar-refractivity contribution < 1.29 is 33.4 Å². The molecule has 0 bridgehead atoms. The van der Waals surface area contributed by atoms with Gasteiger partial charge in [-0.15, -0.1) is 11.6 Å². The van der Waals surface area contributed by atoms with Gasteiger partial charge < -0.3 is 14.6 Å². The lowest BCUT2D eigenvalue weighted by Crippen LogP contribution is -2.70. The standard InChI is InChI=1S/C25H31Cl2FO6/c1-6-20(31)34-25(21(32)33-5)12(2)7-13-14-8-17(28)15-9-18(29)16(26)10-22(15,3)24(14,27)19(30)11-23(13,25)4/h9-10,12-14,17,19,30H,6-8,11H2,1-5H3/t12-,13+,14+,17+,19+,22+,23+,24+,25+/m1/s1. The molecule has 0 radical (unpaired) electrons. The normalized spacial score (nSPS) is 47.6. The first-order chi connectivity index (χ1) is 15.7. The van der Waals surface area contributed by atoms with Gasteiger partial charge in [-0.05, 0) is 48.8 Å². The van der Waals surface area contributed by atoms with Crippen molar-refractivity contribution in [2.24, 2.45) is 28.6 Å². The minimum Gasteiger partial charge on any atom is -0.466 e. The molecule has 0 unspecified atom stereocenters. The summed E-state index contributed by atoms with van der Waals surface area (Å²) in [6, 6.07) is 0. The highest BCUT2D eigenvalue weighted by atomic mass is 35.5. The number of ketones is 1. The van der Waals surface area contributed by atoms with Crippen LogP contribution in [-0.4, -0.2) is 52.7 Å². The van der Waals surface area contributed by atoms with E-state index in [0.29, 0.717) is 6.42 Å². The largest absolute Gasteiger partial charge is 0.466 e. The molecule has 0 aromatic heterocycles. The fourth-order valence-corrected chi connectivity index (χ4v) is 8.43. The molecule has 6 nitrogen and oxygen atoms in total. The van der Waals surface area contributed by atoms with Crippen molar-refractivity contribution in [3.63, 3.8) is 0 Å². The van der Waals surface area contributed by atoms with Gasteiger partial charge in [-0.3, -0.25) is 9.59 Å². The number of esters is 2. The molecule has 0 amide bonds. The van der Waals surface area contributed by atoms with Gasteiger partial charge in [0.05, 0.1) is 23.1 Å². The topological polar surface area (TPSA) is 89.9 Å². The molecular formula is C25H31Cl2FO6. The molecule has 4 rings (SSSR count). The van der Waals surface area contributed by atoms with Crippen molar-refractivity contribution in [2.45, 2.75) is 76.1 Å². The number of aliphatic hydroxyl groups is 1. The second-order valence-electron chi connectivity index (χ2n) is 10.7. The number of ether oxygens (including phenoxy) is 2. The maximum Gasteiger partial charge on any atom is 0.351 e. The first kappa shape index (κ1) is 25.6. The van der Waals surface area contributed by atoms with E-state index in [-0.39, 0.29) is 35.8 Å². The Morgan fingerprint density at radius 1 is 1.26 bits per heavy atom. The van der Waals surface area contributed by atoms with E-state index in [2.05, 4.69) is 0 Å². The van der Waals surface area contributed by atoms with Crippen molar-refractivity contribution in [2.75, 3.05) is 7.11 Å². The van der Waals surface area contributed by atoms with Crippen LogP contribution in [0.3, 0.4) is 0 Å². The minimum atomic E-state index is -1.64. The van der Waals surface area contributed by atoms with E-state index in [9.17, 15) is 19.5 Å². The Morgan fingerprint density at radius 3 is 2.50 bits per heavy atom. The number of aliphatic hydroxyl groups excluding tert-OH is 1. The van der Waals surface area contributed by atoms with Crippen LogP contribution in [0.25, 0.3) is 0 Å². The summed E-state index contributed by atoms with van der Waals surface area (Å²) in [5, 5.41) is 11.6. The number of carbonyl (C=O) groups excluding carboxylic acids is 3. The van der Waals surface area contributed by atoms with E-state index < -0.39 is 63.1 Å². The van der Waals surface area contributed by atoms with Gasteiger partial charge in [0, 0.05) is 23.2 Å². The molecular weight excluding hydrogens is 486 g/mol. The Balaban J connectivity index is 1.90. The molecule has 9 heteroatoms. The van der Waals surface area contributed by atoms with E-state index in [1.807, 2.05) is 6.92 Å². The van der Waals surface area contributed by atoms with Gasteiger partial charge in [0.15, 0.2) is 5.78 Å². The number of hydrogen-bond acceptors (Lipinski definition) is 6. The number of carbonyl (C=O) groups is 3. The molecule has 34 heavy (non-hydrogen) atoms. The lowest BCUT2D eigenvalue weighted by Gasteiger charge is -2.64. The fraction of sp³-hybridized carbons (Fsp3) is 0.720. The lowest BCUT2D eigenvalue weighted by atomic mass is 9.45. The maximum atomic E-state index is 15.7. The third kappa shape index (κ3) is 2.92. The van der Waals surface area contributed by atoms with Crippen LogP contribution in [0.5, 0.6) is 0 Å². The Bertz CT molecular complexity index is 1010. The molecule has 0 heterocycles. The van der Waals surface area contributed by atoms with E-state index in [4.69, 9.17) is 32.7 Å². The molecule has 3 saturated carbocycles. The van der Waals surface area contributed by atoms with Gasteiger partial charge in [-0.25, -0.2) is 9.18 Å². The average molecular weight is 517 g/mol. The summed E-state index contributed by atoms with van der Waals surface area (Å²) in [6.07, 6.45) is 0.438. The van der Waals surface area contributed by atoms with Crippen molar-refractivity contribution >= 4 is 40.9 Å². The lowest BCUT2D eigenvalue weighted by molar-refractivity contribution is -0.215. The summed E-state index contributed by atoms with van der Waals surface area (Å²) in [5.41, 5.74) is -3.71. The Labute approximate surface area is 208 Å². The molecule has 4 aliphatic rings. The van der Waals surface area contributed by atoms with Gasteiger partial charge in [0.2, 0.25) is 5.60 Å². The predicted molar refractivity (Wildman–Crippen MR) is 124 cm³/mol. The summed E-state index contributed by atoms with van der Waals surface area (Å²) >= 11 is 13.5. The number of fused-ring (bicyclic) bond motifs is 5. The summed E-state index contributed by atoms with van der Waals surface area (Å²) in [5.74, 6) is -3.15. The van der Waals surface area contributed by atoms with Crippen LogP contribution in [0.15, 0.2) is 22.8 Å². The molecule has 188 valence electrons. The van der Waals surface area contributed by atoms with Crippen LogP contribution in [0, 0.1) is 28.6 Å². The first-order valence-electron chi connectivity index (χ1n) is 11.7. The van der Waals surface area contributed by atoms with Crippen LogP contribution in [-0.2, 0) is 23.9 Å². The van der Waals surface area contributed by atoms with Crippen molar-refractivity contribution in [3.05, 3.63) is 22.8 Å². The molecule has 9 atom stereocenters. The number of alkyl halides is 2. The van der Waals surface area contributed by atoms with E-state index >= 15 is 4.39 Å². The number of rotatable bonds is 3. The second-order valence-corrected chi connectivity index (χ2v) is 11.7. The molecule has 0 aromatic carbocycles. The highest BCUT2D eigenvalue weighted by Gasteiger charge is 2.78. The fourth-order valence-electron chi connectivity index (χ4n) is 7.68. The van der Waals surface area contributed by atoms with Crippen LogP contribution >= 0.6 is 23.2 Å². The summed E-state index contributed by atoms with van der Waals surface area (Å²) in [6.45, 7) is 6.95. The third-order valence-corrected chi connectivity index (χ3v) is 10.5. The van der Waals surface area contributed by atoms with Crippen LogP contribution in [0.1, 0.15) is 53.4 Å². The first-order valence-corrected chi connectivity index (χ1v) is 12.5. The minimum absolute atomic E-state index is 0.0212. The zero-order valence-electron chi connectivity index (χ0n) is 20.0. The smallest absolute Gasteiger partial charge is 0.351 e. The average Bonchev–Trinajstić information content (AvgIpc) is 2.99. The van der Waals surface area contributed by atoms with Crippen LogP contribution in [0.4, 0.5) is 4.39 Å². The Morgan fingerprint density at radius 2 is 1.91 bits per heavy atom. The zero-order chi connectivity index (χ0) is 25.4. The van der Waals surface area contributed by atoms with Gasteiger partial charge in [-0.1, -0.05) is 39.3 Å². The van der Waals surface area contributed by atoms with Gasteiger partial charge >= 0.3 is 11.9 Å². The van der Waals surface area contributed by atoms with Crippen LogP contribution < -0.4 is 0 Å². The number of methoxy groups -OCH3 is 1. The highest BCUT2D eigenvalue weighted by Crippen LogP contribution is 2.72. The molecule has 0 saturated heterocycles. The summed E-state index contributed by atoms with van der Waals surface area (Å²) in [7, 11) is 1.24. The van der Waals surface area contributed by atoms with Gasteiger partial charge in [0.1, 0.15) is 6.17 Å². The van der Waals surface area contributed by atoms with Crippen molar-refractivity contribution in [3.8, 4) is 0 Å². The Hall–Kier alpha value is -1.44. The van der Waals surface area contributed by atoms with E-state index in [0.717, 1.165) is 0 Å². The molecule has 4 aliphatic carbocycles. The van der Waals surface area contributed by atoms with E-state index in [1.165, 1.54) is 19.3 Å². The molecule has 0 aromatic rings.